The van der Waals surface area contributed by atoms with E-state index in [0.29, 0.717) is 0 Å². The molecule has 0 aliphatic carbocycles. The second kappa shape index (κ2) is 1.65. The summed E-state index contributed by atoms with van der Waals surface area (Å²) in [7, 11) is -4.09. The Labute approximate surface area is 35.9 Å². The van der Waals surface area contributed by atoms with Crippen molar-refractivity contribution in [1.82, 2.24) is 0 Å². The Morgan fingerprint density at radius 2 is 1.67 bits per heavy atom. The molecule has 0 unspecified atom stereocenters. The van der Waals surface area contributed by atoms with Gasteiger partial charge >= 0.3 is 0 Å². The zero-order valence-corrected chi connectivity index (χ0v) is 3.80. The number of hydrogen-bond donors (Lipinski definition) is 4. The summed E-state index contributed by atoms with van der Waals surface area (Å²) in [4.78, 5) is 0. The molecule has 0 aliphatic heterocycles. The smallest absolute Gasteiger partial charge is 0.138 e. The molecule has 0 atom stereocenters. The van der Waals surface area contributed by atoms with Crippen LogP contribution in [0.25, 0.3) is 0 Å². The summed E-state index contributed by atoms with van der Waals surface area (Å²) >= 11 is 0. The van der Waals surface area contributed by atoms with Gasteiger partial charge in [0.05, 0.1) is 10.5 Å². The Morgan fingerprint density at radius 1 is 1.50 bits per heavy atom. The van der Waals surface area contributed by atoms with Gasteiger partial charge in [0.15, 0.2) is 0 Å². The van der Waals surface area contributed by atoms with Gasteiger partial charge in [-0.2, -0.15) is 0 Å². The van der Waals surface area contributed by atoms with E-state index in [1.807, 2.05) is 0 Å². The van der Waals surface area contributed by atoms with Crippen molar-refractivity contribution in [2.75, 3.05) is 5.94 Å². The van der Waals surface area contributed by atoms with Gasteiger partial charge in [-0.25, -0.2) is 4.21 Å². The van der Waals surface area contributed by atoms with Crippen LogP contribution in [0.4, 0.5) is 0 Å². The van der Waals surface area contributed by atoms with E-state index in [9.17, 15) is 4.21 Å². The molecule has 0 aromatic carbocycles. The SMILES string of the molecule is O=[SH](O)(O)CO. The number of hydrogen-bond acceptors (Lipinski definition) is 2. The van der Waals surface area contributed by atoms with Crippen LogP contribution < -0.4 is 0 Å². The lowest BCUT2D eigenvalue weighted by atomic mass is 11.7. The minimum atomic E-state index is -4.09. The molecular weight excluding hydrogens is 108 g/mol. The lowest BCUT2D eigenvalue weighted by Crippen LogP contribution is -2.11. The maximum absolute atomic E-state index is 9.44. The predicted octanol–water partition coefficient (Wildman–Crippen LogP) is -1.10. The largest absolute Gasteiger partial charge is 0.381 e. The van der Waals surface area contributed by atoms with E-state index in [1.165, 1.54) is 0 Å². The van der Waals surface area contributed by atoms with Crippen LogP contribution in [0.15, 0.2) is 0 Å². The van der Waals surface area contributed by atoms with Gasteiger partial charge in [0.25, 0.3) is 0 Å². The molecule has 0 rings (SSSR count). The van der Waals surface area contributed by atoms with Gasteiger partial charge in [0.2, 0.25) is 0 Å². The van der Waals surface area contributed by atoms with E-state index < -0.39 is 16.4 Å². The first kappa shape index (κ1) is 6.03. The Balaban J connectivity index is 3.48. The first-order valence-corrected chi connectivity index (χ1v) is 3.01. The molecular formula is CH6O4S. The van der Waals surface area contributed by atoms with Crippen LogP contribution in [0.3, 0.4) is 0 Å². The van der Waals surface area contributed by atoms with E-state index in [1.54, 1.807) is 0 Å². The molecule has 3 N–H and O–H groups in total. The zero-order valence-electron chi connectivity index (χ0n) is 2.90. The molecule has 0 fully saturated rings. The van der Waals surface area contributed by atoms with Crippen molar-refractivity contribution in [3.05, 3.63) is 0 Å². The fourth-order valence-corrected chi connectivity index (χ4v) is 0. The van der Waals surface area contributed by atoms with E-state index in [4.69, 9.17) is 14.2 Å². The molecule has 0 bridgehead atoms. The van der Waals surface area contributed by atoms with Crippen LogP contribution in [-0.4, -0.2) is 24.4 Å². The van der Waals surface area contributed by atoms with Gasteiger partial charge in [-0.3, -0.25) is 0 Å². The highest BCUT2D eigenvalue weighted by molar-refractivity contribution is 7.92. The number of aliphatic hydroxyl groups excluding tert-OH is 1. The Kier molecular flexibility index (Phi) is 1.66. The highest BCUT2D eigenvalue weighted by atomic mass is 32.3. The van der Waals surface area contributed by atoms with Crippen molar-refractivity contribution >= 4 is 10.5 Å². The summed E-state index contributed by atoms with van der Waals surface area (Å²) in [5.41, 5.74) is 0. The average molecular weight is 114 g/mol. The molecule has 0 spiro atoms. The molecule has 40 valence electrons. The first-order valence-electron chi connectivity index (χ1n) is 1.22. The van der Waals surface area contributed by atoms with Gasteiger partial charge in [-0.15, -0.1) is 0 Å². The third kappa shape index (κ3) is 4.03. The highest BCUT2D eigenvalue weighted by Gasteiger charge is 1.94. The van der Waals surface area contributed by atoms with Crippen molar-refractivity contribution in [1.29, 1.82) is 0 Å². The number of rotatable bonds is 1. The average Bonchev–Trinajstić information content (AvgIpc) is 1.35. The summed E-state index contributed by atoms with van der Waals surface area (Å²) in [6.45, 7) is 0. The van der Waals surface area contributed by atoms with Gasteiger partial charge in [0, 0.05) is 0 Å². The monoisotopic (exact) mass is 114 g/mol. The third-order valence-corrected chi connectivity index (χ3v) is 0.553. The quantitative estimate of drug-likeness (QED) is 0.326. The Bertz CT molecular complexity index is 71.6. The van der Waals surface area contributed by atoms with Crippen LogP contribution in [0.2, 0.25) is 0 Å². The molecule has 5 heteroatoms. The summed E-state index contributed by atoms with van der Waals surface area (Å²) in [6.07, 6.45) is 0. The van der Waals surface area contributed by atoms with Gasteiger partial charge in [-0.1, -0.05) is 0 Å². The van der Waals surface area contributed by atoms with Gasteiger partial charge in [0.1, 0.15) is 5.94 Å². The minimum Gasteiger partial charge on any atom is -0.381 e. The zero-order chi connectivity index (χ0) is 5.21. The molecule has 6 heavy (non-hydrogen) atoms. The minimum absolute atomic E-state index is 1.06. The molecule has 0 aliphatic rings. The Morgan fingerprint density at radius 3 is 1.67 bits per heavy atom. The second-order valence-electron chi connectivity index (χ2n) is 0.806. The fraction of sp³-hybridized carbons (Fsp3) is 1.00. The Hall–Kier alpha value is 0.0300. The summed E-state index contributed by atoms with van der Waals surface area (Å²) in [5, 5.41) is 7.64. The van der Waals surface area contributed by atoms with Crippen molar-refractivity contribution in [3.63, 3.8) is 0 Å². The number of aliphatic hydroxyl groups is 1. The normalized spacial score (nSPS) is 14.5. The molecule has 0 saturated heterocycles. The van der Waals surface area contributed by atoms with E-state index in [0.717, 1.165) is 0 Å². The summed E-state index contributed by atoms with van der Waals surface area (Å²) in [6, 6.07) is 0. The first-order chi connectivity index (χ1) is 2.56. The van der Waals surface area contributed by atoms with Gasteiger partial charge < -0.3 is 14.2 Å². The van der Waals surface area contributed by atoms with Crippen molar-refractivity contribution in [3.8, 4) is 0 Å². The van der Waals surface area contributed by atoms with Gasteiger partial charge in [-0.05, 0) is 0 Å². The molecule has 0 aromatic heterocycles. The standard InChI is InChI=1S/CH6O4S/c2-1-6(3,4)5/h2,6H,1H2,(H2,3,4,5). The van der Waals surface area contributed by atoms with Crippen LogP contribution in [0.1, 0.15) is 0 Å². The molecule has 0 heterocycles. The molecule has 4 nitrogen and oxygen atoms in total. The lowest BCUT2D eigenvalue weighted by molar-refractivity contribution is 0.313. The van der Waals surface area contributed by atoms with Crippen molar-refractivity contribution in [2.24, 2.45) is 0 Å². The molecule has 0 aromatic rings. The molecule has 0 amide bonds. The molecule has 0 radical (unpaired) electrons. The highest BCUT2D eigenvalue weighted by Crippen LogP contribution is 1.82. The maximum atomic E-state index is 9.44. The third-order valence-electron chi connectivity index (χ3n) is 0.184. The summed E-state index contributed by atoms with van der Waals surface area (Å²) < 4.78 is 24.8. The lowest BCUT2D eigenvalue weighted by Gasteiger charge is -2.01. The second-order valence-corrected chi connectivity index (χ2v) is 2.42. The topological polar surface area (TPSA) is 77.8 Å². The van der Waals surface area contributed by atoms with Crippen LogP contribution >= 0.6 is 0 Å². The van der Waals surface area contributed by atoms with E-state index in [-0.39, 0.29) is 0 Å². The van der Waals surface area contributed by atoms with Crippen molar-refractivity contribution < 1.29 is 18.4 Å². The fourth-order valence-electron chi connectivity index (χ4n) is 0. The number of thiol groups is 1. The van der Waals surface area contributed by atoms with Crippen molar-refractivity contribution in [2.45, 2.75) is 0 Å². The predicted molar refractivity (Wildman–Crippen MR) is 21.9 cm³/mol. The van der Waals surface area contributed by atoms with Crippen LogP contribution in [0.5, 0.6) is 0 Å². The van der Waals surface area contributed by atoms with E-state index >= 15 is 0 Å². The van der Waals surface area contributed by atoms with Crippen LogP contribution in [-0.2, 0) is 10.5 Å². The maximum Gasteiger partial charge on any atom is 0.138 e. The van der Waals surface area contributed by atoms with Crippen LogP contribution in [0, 0.1) is 0 Å². The summed E-state index contributed by atoms with van der Waals surface area (Å²) in [5.74, 6) is -1.06. The molecule has 0 saturated carbocycles. The van der Waals surface area contributed by atoms with E-state index in [2.05, 4.69) is 0 Å².